The number of aromatic amines is 1. The molecule has 3 aromatic rings. The van der Waals surface area contributed by atoms with Crippen LogP contribution < -0.4 is 16.0 Å². The van der Waals surface area contributed by atoms with Crippen molar-refractivity contribution >= 4 is 40.5 Å². The number of methoxy groups -OCH3 is 2. The van der Waals surface area contributed by atoms with Gasteiger partial charge in [-0.3, -0.25) is 29.4 Å². The molecule has 342 valence electrons. The molecule has 2 aromatic carbocycles. The number of para-hydroxylation sites is 1. The van der Waals surface area contributed by atoms with Crippen LogP contribution in [-0.4, -0.2) is 122 Å². The largest absolute Gasteiger partial charge is 0.459 e. The number of fused-ring (bicyclic) bond motifs is 1. The predicted molar refractivity (Wildman–Crippen MR) is 241 cm³/mol. The smallest absolute Gasteiger partial charge is 0.329 e. The lowest BCUT2D eigenvalue weighted by molar-refractivity contribution is -0.150. The van der Waals surface area contributed by atoms with Crippen molar-refractivity contribution in [3.63, 3.8) is 0 Å². The molecule has 14 nitrogen and oxygen atoms in total. The molecule has 0 spiro atoms. The number of hydrogen-bond acceptors (Lipinski definition) is 10. The first-order valence-corrected chi connectivity index (χ1v) is 22.2. The maximum absolute atomic E-state index is 14.4. The van der Waals surface area contributed by atoms with Gasteiger partial charge < -0.3 is 34.7 Å². The number of esters is 1. The van der Waals surface area contributed by atoms with E-state index in [1.807, 2.05) is 100 Å². The third kappa shape index (κ3) is 12.5. The highest BCUT2D eigenvalue weighted by molar-refractivity contribution is 6.00. The highest BCUT2D eigenvalue weighted by Gasteiger charge is 2.44. The molecule has 4 rings (SSSR count). The number of carbonyl (C=O) groups is 5. The molecule has 14 heteroatoms. The first kappa shape index (κ1) is 50.0. The summed E-state index contributed by atoms with van der Waals surface area (Å²) in [4.78, 5) is 76.4. The van der Waals surface area contributed by atoms with Crippen molar-refractivity contribution in [1.82, 2.24) is 30.7 Å². The van der Waals surface area contributed by atoms with Crippen LogP contribution in [0.5, 0.6) is 0 Å². The molecule has 4 amide bonds. The molecule has 1 aromatic heterocycles. The minimum Gasteiger partial charge on any atom is -0.459 e. The molecular formula is C48H72N6O8. The minimum absolute atomic E-state index is 0.0182. The summed E-state index contributed by atoms with van der Waals surface area (Å²) in [5, 5.41) is 9.59. The molecule has 1 saturated heterocycles. The number of likely N-dealkylation sites (N-methyl/N-ethyl adjacent to an activating group) is 2. The van der Waals surface area contributed by atoms with Gasteiger partial charge in [-0.05, 0) is 61.9 Å². The molecule has 62 heavy (non-hydrogen) atoms. The maximum Gasteiger partial charge on any atom is 0.329 e. The average Bonchev–Trinajstić information content (AvgIpc) is 3.90. The Morgan fingerprint density at radius 1 is 0.887 bits per heavy atom. The van der Waals surface area contributed by atoms with Gasteiger partial charge in [-0.25, -0.2) is 4.79 Å². The van der Waals surface area contributed by atoms with E-state index in [0.29, 0.717) is 13.0 Å². The van der Waals surface area contributed by atoms with Crippen molar-refractivity contribution in [3.8, 4) is 0 Å². The van der Waals surface area contributed by atoms with Crippen molar-refractivity contribution in [2.45, 2.75) is 130 Å². The molecule has 0 unspecified atom stereocenters. The van der Waals surface area contributed by atoms with Crippen LogP contribution in [0.3, 0.4) is 0 Å². The van der Waals surface area contributed by atoms with Crippen LogP contribution in [0.25, 0.3) is 10.9 Å². The number of likely N-dealkylation sites (tertiary alicyclic amines) is 1. The van der Waals surface area contributed by atoms with E-state index < -0.39 is 60.1 Å². The van der Waals surface area contributed by atoms with Gasteiger partial charge >= 0.3 is 5.97 Å². The van der Waals surface area contributed by atoms with Crippen molar-refractivity contribution in [2.24, 2.45) is 23.7 Å². The second-order valence-corrected chi connectivity index (χ2v) is 17.6. The summed E-state index contributed by atoms with van der Waals surface area (Å²) in [6.45, 7) is 14.2. The van der Waals surface area contributed by atoms with E-state index in [4.69, 9.17) is 14.2 Å². The molecule has 9 atom stereocenters. The molecule has 0 radical (unpaired) electrons. The second kappa shape index (κ2) is 23.7. The summed E-state index contributed by atoms with van der Waals surface area (Å²) in [6, 6.07) is 14.2. The lowest BCUT2D eigenvalue weighted by atomic mass is 9.87. The number of nitrogens with one attached hydrogen (secondary N) is 4. The fraction of sp³-hybridized carbons (Fsp3) is 0.604. The monoisotopic (exact) mass is 861 g/mol. The number of imide groups is 1. The van der Waals surface area contributed by atoms with Gasteiger partial charge in [0.25, 0.3) is 0 Å². The van der Waals surface area contributed by atoms with Gasteiger partial charge in [0.1, 0.15) is 12.6 Å². The van der Waals surface area contributed by atoms with Crippen LogP contribution in [0.15, 0.2) is 60.8 Å². The van der Waals surface area contributed by atoms with Crippen LogP contribution in [0.1, 0.15) is 85.3 Å². The van der Waals surface area contributed by atoms with Gasteiger partial charge in [-0.2, -0.15) is 0 Å². The molecule has 0 aliphatic carbocycles. The Bertz CT molecular complexity index is 1920. The summed E-state index contributed by atoms with van der Waals surface area (Å²) < 4.78 is 17.9. The molecule has 4 N–H and O–H groups in total. The third-order valence-corrected chi connectivity index (χ3v) is 12.7. The topological polar surface area (TPSA) is 171 Å². The molecule has 1 fully saturated rings. The Hall–Kier alpha value is -4.63. The van der Waals surface area contributed by atoms with E-state index in [9.17, 15) is 24.0 Å². The van der Waals surface area contributed by atoms with Crippen molar-refractivity contribution in [3.05, 3.63) is 71.9 Å². The van der Waals surface area contributed by atoms with Crippen molar-refractivity contribution < 1.29 is 38.2 Å². The SMILES string of the molecule is CC[C@H](C)[C@@H]([C@@H](CC(=O)N1CCC[C@H]1[C@H](OC)[C@@H](C)C(=O)N[C@@H](Cc1c[nH]c2ccccc12)C(=O)OCc1ccccc1)OC)N(C)[C@H](C(=O)NC(=O)[C@@H](NC)C(C)C)C(C)C. The quantitative estimate of drug-likeness (QED) is 0.0925. The Balaban J connectivity index is 1.52. The summed E-state index contributed by atoms with van der Waals surface area (Å²) in [7, 11) is 6.69. The van der Waals surface area contributed by atoms with E-state index in [1.165, 1.54) is 0 Å². The molecule has 2 heterocycles. The lowest BCUT2D eigenvalue weighted by Crippen LogP contribution is -2.60. The van der Waals surface area contributed by atoms with Gasteiger partial charge in [0, 0.05) is 50.3 Å². The van der Waals surface area contributed by atoms with Crippen LogP contribution >= 0.6 is 0 Å². The van der Waals surface area contributed by atoms with Crippen LogP contribution in [0, 0.1) is 23.7 Å². The summed E-state index contributed by atoms with van der Waals surface area (Å²) in [5.74, 6) is -2.78. The normalized spacial score (nSPS) is 18.2. The Morgan fingerprint density at radius 2 is 1.56 bits per heavy atom. The number of H-pyrrole nitrogens is 1. The van der Waals surface area contributed by atoms with Crippen molar-refractivity contribution in [1.29, 1.82) is 0 Å². The zero-order valence-corrected chi connectivity index (χ0v) is 38.7. The molecule has 1 aliphatic heterocycles. The number of carbonyl (C=O) groups excluding carboxylic acids is 5. The maximum atomic E-state index is 14.4. The van der Waals surface area contributed by atoms with E-state index >= 15 is 0 Å². The van der Waals surface area contributed by atoms with E-state index in [-0.39, 0.29) is 55.1 Å². The molecule has 1 aliphatic rings. The van der Waals surface area contributed by atoms with Gasteiger partial charge in [0.15, 0.2) is 0 Å². The Morgan fingerprint density at radius 3 is 2.18 bits per heavy atom. The second-order valence-electron chi connectivity index (χ2n) is 17.6. The van der Waals surface area contributed by atoms with Gasteiger partial charge in [0.2, 0.25) is 23.6 Å². The van der Waals surface area contributed by atoms with E-state index in [1.54, 1.807) is 33.1 Å². The lowest BCUT2D eigenvalue weighted by Gasteiger charge is -2.43. The standard InChI is InChI=1S/C48H72N6O8/c1-12-31(6)43(53(9)42(30(4)5)47(58)52-46(57)41(49-8)29(2)3)39(60-10)26-40(55)54-24-18-23-38(54)44(61-11)32(7)45(56)51-37(48(59)62-28-33-19-14-13-15-20-33)25-34-27-50-36-22-17-16-21-35(34)36/h13-17,19-22,27,29-32,37-39,41-44,49-50H,12,18,23-26,28H2,1-11H3,(H,51,56)(H,52,57,58)/t31-,32+,37-,38-,39+,41-,42-,43-,44+/m0/s1. The predicted octanol–water partition coefficient (Wildman–Crippen LogP) is 5.24. The number of benzene rings is 2. The highest BCUT2D eigenvalue weighted by atomic mass is 16.5. The van der Waals surface area contributed by atoms with Crippen LogP contribution in [-0.2, 0) is 51.2 Å². The summed E-state index contributed by atoms with van der Waals surface area (Å²) >= 11 is 0. The Labute approximate surface area is 368 Å². The van der Waals surface area contributed by atoms with Crippen LogP contribution in [0.2, 0.25) is 0 Å². The van der Waals surface area contributed by atoms with Gasteiger partial charge in [-0.15, -0.1) is 0 Å². The molecule has 0 bridgehead atoms. The number of hydrogen-bond donors (Lipinski definition) is 4. The average molecular weight is 861 g/mol. The number of rotatable bonds is 23. The van der Waals surface area contributed by atoms with Gasteiger partial charge in [-0.1, -0.05) is 103 Å². The van der Waals surface area contributed by atoms with E-state index in [2.05, 4.69) is 34.8 Å². The van der Waals surface area contributed by atoms with Crippen LogP contribution in [0.4, 0.5) is 0 Å². The highest BCUT2D eigenvalue weighted by Crippen LogP contribution is 2.31. The Kier molecular flexibility index (Phi) is 19.1. The van der Waals surface area contributed by atoms with Gasteiger partial charge in [0.05, 0.1) is 42.7 Å². The summed E-state index contributed by atoms with van der Waals surface area (Å²) in [5.41, 5.74) is 2.61. The minimum atomic E-state index is -0.988. The zero-order valence-electron chi connectivity index (χ0n) is 38.7. The molecular weight excluding hydrogens is 789 g/mol. The first-order chi connectivity index (χ1) is 29.6. The fourth-order valence-corrected chi connectivity index (χ4v) is 9.22. The number of aromatic nitrogens is 1. The third-order valence-electron chi connectivity index (χ3n) is 12.7. The van der Waals surface area contributed by atoms with Crippen molar-refractivity contribution in [2.75, 3.05) is 34.9 Å². The summed E-state index contributed by atoms with van der Waals surface area (Å²) in [6.07, 6.45) is 2.92. The molecule has 0 saturated carbocycles. The van der Waals surface area contributed by atoms with E-state index in [0.717, 1.165) is 34.9 Å². The first-order valence-electron chi connectivity index (χ1n) is 22.2. The number of nitrogens with zero attached hydrogens (tertiary/aromatic N) is 2. The zero-order chi connectivity index (χ0) is 45.7. The fourth-order valence-electron chi connectivity index (χ4n) is 9.22. The number of amides is 4. The number of ether oxygens (including phenoxy) is 3.